The molecule has 21 heavy (non-hydrogen) atoms. The SMILES string of the molecule is O=C(NCCC(=O)N1CCCCC1)c1cc(I)ccc1Br. The molecule has 0 spiro atoms. The van der Waals surface area contributed by atoms with Gasteiger partial charge in [0.15, 0.2) is 0 Å². The topological polar surface area (TPSA) is 49.4 Å². The van der Waals surface area contributed by atoms with Crippen LogP contribution in [0.2, 0.25) is 0 Å². The monoisotopic (exact) mass is 464 g/mol. The fraction of sp³-hybridized carbons (Fsp3) is 0.467. The lowest BCUT2D eigenvalue weighted by atomic mass is 10.1. The highest BCUT2D eigenvalue weighted by Gasteiger charge is 2.16. The van der Waals surface area contributed by atoms with Gasteiger partial charge in [0.2, 0.25) is 5.91 Å². The molecule has 0 atom stereocenters. The van der Waals surface area contributed by atoms with Crippen LogP contribution in [0.5, 0.6) is 0 Å². The van der Waals surface area contributed by atoms with Gasteiger partial charge < -0.3 is 10.2 Å². The van der Waals surface area contributed by atoms with Crippen LogP contribution in [0.4, 0.5) is 0 Å². The molecule has 1 aromatic carbocycles. The summed E-state index contributed by atoms with van der Waals surface area (Å²) in [5.41, 5.74) is 0.604. The smallest absolute Gasteiger partial charge is 0.252 e. The molecule has 0 unspecified atom stereocenters. The van der Waals surface area contributed by atoms with Crippen LogP contribution in [0.3, 0.4) is 0 Å². The second-order valence-corrected chi connectivity index (χ2v) is 7.17. The van der Waals surface area contributed by atoms with Gasteiger partial charge in [-0.15, -0.1) is 0 Å². The van der Waals surface area contributed by atoms with E-state index >= 15 is 0 Å². The van der Waals surface area contributed by atoms with E-state index in [1.54, 1.807) is 0 Å². The summed E-state index contributed by atoms with van der Waals surface area (Å²) in [4.78, 5) is 26.0. The van der Waals surface area contributed by atoms with Crippen molar-refractivity contribution in [1.82, 2.24) is 10.2 Å². The molecule has 6 heteroatoms. The van der Waals surface area contributed by atoms with Crippen LogP contribution in [0, 0.1) is 3.57 Å². The first kappa shape index (κ1) is 16.7. The number of hydrogen-bond acceptors (Lipinski definition) is 2. The van der Waals surface area contributed by atoms with Crippen molar-refractivity contribution in [2.75, 3.05) is 19.6 Å². The molecule has 0 aromatic heterocycles. The Morgan fingerprint density at radius 3 is 2.67 bits per heavy atom. The van der Waals surface area contributed by atoms with Crippen LogP contribution in [0.15, 0.2) is 22.7 Å². The van der Waals surface area contributed by atoms with Crippen molar-refractivity contribution in [1.29, 1.82) is 0 Å². The number of carbonyl (C=O) groups is 2. The van der Waals surface area contributed by atoms with E-state index < -0.39 is 0 Å². The summed E-state index contributed by atoms with van der Waals surface area (Å²) in [6, 6.07) is 5.61. The Hall–Kier alpha value is -0.630. The van der Waals surface area contributed by atoms with Crippen molar-refractivity contribution in [3.8, 4) is 0 Å². The van der Waals surface area contributed by atoms with Gasteiger partial charge in [-0.05, 0) is 76.0 Å². The van der Waals surface area contributed by atoms with Gasteiger partial charge in [0.25, 0.3) is 5.91 Å². The number of hydrogen-bond donors (Lipinski definition) is 1. The van der Waals surface area contributed by atoms with Crippen LogP contribution < -0.4 is 5.32 Å². The molecular weight excluding hydrogens is 447 g/mol. The summed E-state index contributed by atoms with van der Waals surface area (Å²) in [6.45, 7) is 2.09. The van der Waals surface area contributed by atoms with E-state index in [1.165, 1.54) is 6.42 Å². The van der Waals surface area contributed by atoms with Crippen molar-refractivity contribution < 1.29 is 9.59 Å². The molecule has 2 amide bonds. The van der Waals surface area contributed by atoms with E-state index in [9.17, 15) is 9.59 Å². The number of nitrogens with one attached hydrogen (secondary N) is 1. The molecule has 0 bridgehead atoms. The number of piperidine rings is 1. The average molecular weight is 465 g/mol. The molecule has 1 N–H and O–H groups in total. The summed E-state index contributed by atoms with van der Waals surface area (Å²) in [5, 5.41) is 2.82. The summed E-state index contributed by atoms with van der Waals surface area (Å²) < 4.78 is 1.77. The predicted molar refractivity (Wildman–Crippen MR) is 94.2 cm³/mol. The lowest BCUT2D eigenvalue weighted by molar-refractivity contribution is -0.131. The highest BCUT2D eigenvalue weighted by molar-refractivity contribution is 14.1. The van der Waals surface area contributed by atoms with Crippen molar-refractivity contribution in [2.24, 2.45) is 0 Å². The van der Waals surface area contributed by atoms with Gasteiger partial charge in [-0.2, -0.15) is 0 Å². The van der Waals surface area contributed by atoms with Crippen molar-refractivity contribution >= 4 is 50.3 Å². The van der Waals surface area contributed by atoms with E-state index in [-0.39, 0.29) is 11.8 Å². The number of rotatable bonds is 4. The number of halogens is 2. The normalized spacial score (nSPS) is 14.9. The Morgan fingerprint density at radius 2 is 1.95 bits per heavy atom. The summed E-state index contributed by atoms with van der Waals surface area (Å²) >= 11 is 5.55. The van der Waals surface area contributed by atoms with Crippen LogP contribution in [0.1, 0.15) is 36.0 Å². The first-order valence-corrected chi connectivity index (χ1v) is 8.96. The van der Waals surface area contributed by atoms with E-state index in [1.807, 2.05) is 23.1 Å². The third-order valence-electron chi connectivity index (χ3n) is 3.51. The van der Waals surface area contributed by atoms with Gasteiger partial charge in [0.1, 0.15) is 0 Å². The van der Waals surface area contributed by atoms with Gasteiger partial charge in [0, 0.05) is 34.1 Å². The fourth-order valence-corrected chi connectivity index (χ4v) is 3.27. The molecule has 0 aliphatic carbocycles. The first-order chi connectivity index (χ1) is 10.1. The highest BCUT2D eigenvalue weighted by Crippen LogP contribution is 2.19. The summed E-state index contributed by atoms with van der Waals surface area (Å²) in [7, 11) is 0. The Labute approximate surface area is 146 Å². The third-order valence-corrected chi connectivity index (χ3v) is 4.87. The number of likely N-dealkylation sites (tertiary alicyclic amines) is 1. The van der Waals surface area contributed by atoms with E-state index in [0.29, 0.717) is 18.5 Å². The minimum Gasteiger partial charge on any atom is -0.351 e. The zero-order valence-electron chi connectivity index (χ0n) is 11.7. The number of nitrogens with zero attached hydrogens (tertiary/aromatic N) is 1. The van der Waals surface area contributed by atoms with E-state index in [4.69, 9.17) is 0 Å². The van der Waals surface area contributed by atoms with Gasteiger partial charge in [-0.1, -0.05) is 0 Å². The van der Waals surface area contributed by atoms with Crippen LogP contribution >= 0.6 is 38.5 Å². The summed E-state index contributed by atoms with van der Waals surface area (Å²) in [6.07, 6.45) is 3.76. The molecule has 1 heterocycles. The molecule has 2 rings (SSSR count). The Balaban J connectivity index is 1.81. The van der Waals surface area contributed by atoms with Crippen molar-refractivity contribution in [2.45, 2.75) is 25.7 Å². The molecule has 1 aliphatic rings. The third kappa shape index (κ3) is 4.95. The van der Waals surface area contributed by atoms with E-state index in [0.717, 1.165) is 34.0 Å². The maximum absolute atomic E-state index is 12.1. The predicted octanol–water partition coefficient (Wildman–Crippen LogP) is 3.19. The largest absolute Gasteiger partial charge is 0.351 e. The Kier molecular flexibility index (Phi) is 6.47. The average Bonchev–Trinajstić information content (AvgIpc) is 2.50. The maximum Gasteiger partial charge on any atom is 0.252 e. The van der Waals surface area contributed by atoms with Crippen molar-refractivity contribution in [3.05, 3.63) is 31.8 Å². The van der Waals surface area contributed by atoms with E-state index in [2.05, 4.69) is 43.8 Å². The van der Waals surface area contributed by atoms with Gasteiger partial charge in [0.05, 0.1) is 5.56 Å². The molecule has 1 saturated heterocycles. The number of amides is 2. The molecule has 4 nitrogen and oxygen atoms in total. The lowest BCUT2D eigenvalue weighted by Crippen LogP contribution is -2.37. The molecule has 1 aromatic rings. The fourth-order valence-electron chi connectivity index (χ4n) is 2.35. The van der Waals surface area contributed by atoms with Gasteiger partial charge in [-0.25, -0.2) is 0 Å². The van der Waals surface area contributed by atoms with Gasteiger partial charge in [-0.3, -0.25) is 9.59 Å². The quantitative estimate of drug-likeness (QED) is 0.695. The first-order valence-electron chi connectivity index (χ1n) is 7.09. The second kappa shape index (κ2) is 8.12. The summed E-state index contributed by atoms with van der Waals surface area (Å²) in [5.74, 6) is -0.0106. The van der Waals surface area contributed by atoms with Crippen LogP contribution in [0.25, 0.3) is 0 Å². The maximum atomic E-state index is 12.1. The zero-order chi connectivity index (χ0) is 15.2. The zero-order valence-corrected chi connectivity index (χ0v) is 15.4. The Bertz CT molecular complexity index is 530. The van der Waals surface area contributed by atoms with Gasteiger partial charge >= 0.3 is 0 Å². The minimum atomic E-state index is -0.146. The van der Waals surface area contributed by atoms with Crippen LogP contribution in [-0.4, -0.2) is 36.3 Å². The standard InChI is InChI=1S/C15H18BrIN2O2/c16-13-5-4-11(17)10-12(13)15(21)18-7-6-14(20)19-8-2-1-3-9-19/h4-5,10H,1-3,6-9H2,(H,18,21). The number of carbonyl (C=O) groups excluding carboxylic acids is 2. The molecule has 1 fully saturated rings. The van der Waals surface area contributed by atoms with Crippen molar-refractivity contribution in [3.63, 3.8) is 0 Å². The minimum absolute atomic E-state index is 0.136. The molecule has 0 radical (unpaired) electrons. The molecule has 114 valence electrons. The molecular formula is C15H18BrIN2O2. The molecule has 1 aliphatic heterocycles. The second-order valence-electron chi connectivity index (χ2n) is 5.07. The lowest BCUT2D eigenvalue weighted by Gasteiger charge is -2.26. The number of benzene rings is 1. The highest BCUT2D eigenvalue weighted by atomic mass is 127. The van der Waals surface area contributed by atoms with Crippen LogP contribution in [-0.2, 0) is 4.79 Å². The molecule has 0 saturated carbocycles. The Morgan fingerprint density at radius 1 is 1.24 bits per heavy atom.